The average molecular weight is 482 g/mol. The number of benzene rings is 1. The van der Waals surface area contributed by atoms with Gasteiger partial charge in [-0.3, -0.25) is 4.99 Å². The van der Waals surface area contributed by atoms with E-state index in [0.717, 1.165) is 48.3 Å². The van der Waals surface area contributed by atoms with Crippen LogP contribution in [0, 0.1) is 20.8 Å². The fraction of sp³-hybridized carbons (Fsp3) is 0.421. The van der Waals surface area contributed by atoms with E-state index in [2.05, 4.69) is 48.4 Å². The number of para-hydroxylation sites is 2. The van der Waals surface area contributed by atoms with Crippen molar-refractivity contribution < 1.29 is 4.42 Å². The number of fused-ring (bicyclic) bond motifs is 1. The minimum absolute atomic E-state index is 0. The van der Waals surface area contributed by atoms with Crippen molar-refractivity contribution in [2.24, 2.45) is 4.99 Å². The molecule has 146 valence electrons. The van der Waals surface area contributed by atoms with Gasteiger partial charge in [0.15, 0.2) is 5.96 Å². The minimum atomic E-state index is 0. The molecule has 2 aromatic heterocycles. The summed E-state index contributed by atoms with van der Waals surface area (Å²) in [5.41, 5.74) is 3.15. The fourth-order valence-corrected chi connectivity index (χ4v) is 2.92. The SMILES string of the molecule is CN=C(NCCCn1c(C)nc2ccccc21)NCc1nc(C)c(C)o1.I. The van der Waals surface area contributed by atoms with E-state index >= 15 is 0 Å². The standard InChI is InChI=1S/C19H26N6O.HI/c1-13-14(2)26-18(23-13)12-22-19(20-4)21-10-7-11-25-15(3)24-16-8-5-6-9-17(16)25;/h5-6,8-9H,7,10-12H2,1-4H3,(H2,20,21,22);1H. The number of aromatic nitrogens is 3. The lowest BCUT2D eigenvalue weighted by Crippen LogP contribution is -2.37. The zero-order valence-corrected chi connectivity index (χ0v) is 18.6. The molecule has 1 aromatic carbocycles. The maximum atomic E-state index is 5.57. The van der Waals surface area contributed by atoms with Crippen LogP contribution < -0.4 is 10.6 Å². The Hall–Kier alpha value is -2.10. The smallest absolute Gasteiger partial charge is 0.214 e. The number of rotatable bonds is 6. The van der Waals surface area contributed by atoms with E-state index in [-0.39, 0.29) is 24.0 Å². The van der Waals surface area contributed by atoms with Crippen LogP contribution in [0.5, 0.6) is 0 Å². The van der Waals surface area contributed by atoms with Crippen molar-refractivity contribution in [3.8, 4) is 0 Å². The van der Waals surface area contributed by atoms with Crippen LogP contribution in [-0.2, 0) is 13.1 Å². The summed E-state index contributed by atoms with van der Waals surface area (Å²) in [5, 5.41) is 6.55. The Morgan fingerprint density at radius 2 is 1.93 bits per heavy atom. The molecule has 2 heterocycles. The Morgan fingerprint density at radius 1 is 1.15 bits per heavy atom. The third kappa shape index (κ3) is 5.21. The van der Waals surface area contributed by atoms with Gasteiger partial charge < -0.3 is 19.6 Å². The molecule has 7 nitrogen and oxygen atoms in total. The third-order valence-electron chi connectivity index (χ3n) is 4.40. The molecule has 0 aliphatic rings. The summed E-state index contributed by atoms with van der Waals surface area (Å²) in [4.78, 5) is 13.2. The molecule has 0 spiro atoms. The van der Waals surface area contributed by atoms with Crippen molar-refractivity contribution in [2.75, 3.05) is 13.6 Å². The lowest BCUT2D eigenvalue weighted by atomic mass is 10.3. The number of oxazole rings is 1. The van der Waals surface area contributed by atoms with Crippen LogP contribution in [-0.4, -0.2) is 34.1 Å². The van der Waals surface area contributed by atoms with Crippen molar-refractivity contribution in [1.29, 1.82) is 0 Å². The highest BCUT2D eigenvalue weighted by atomic mass is 127. The number of nitrogens with one attached hydrogen (secondary N) is 2. The molecule has 0 saturated heterocycles. The van der Waals surface area contributed by atoms with Crippen LogP contribution in [0.15, 0.2) is 33.7 Å². The van der Waals surface area contributed by atoms with Crippen LogP contribution in [0.2, 0.25) is 0 Å². The van der Waals surface area contributed by atoms with Gasteiger partial charge in [-0.1, -0.05) is 12.1 Å². The summed E-state index contributed by atoms with van der Waals surface area (Å²) in [5.74, 6) is 3.31. The van der Waals surface area contributed by atoms with E-state index in [0.29, 0.717) is 12.4 Å². The van der Waals surface area contributed by atoms with Gasteiger partial charge in [0.2, 0.25) is 5.89 Å². The van der Waals surface area contributed by atoms with Gasteiger partial charge in [0, 0.05) is 20.1 Å². The number of imidazole rings is 1. The summed E-state index contributed by atoms with van der Waals surface area (Å²) < 4.78 is 7.83. The van der Waals surface area contributed by atoms with Crippen LogP contribution in [0.4, 0.5) is 0 Å². The average Bonchev–Trinajstić information content (AvgIpc) is 3.13. The van der Waals surface area contributed by atoms with Crippen molar-refractivity contribution >= 4 is 41.0 Å². The van der Waals surface area contributed by atoms with Crippen molar-refractivity contribution in [2.45, 2.75) is 40.3 Å². The number of aliphatic imine (C=N–C) groups is 1. The first-order valence-corrected chi connectivity index (χ1v) is 8.87. The third-order valence-corrected chi connectivity index (χ3v) is 4.40. The highest BCUT2D eigenvalue weighted by Gasteiger charge is 2.08. The van der Waals surface area contributed by atoms with Crippen LogP contribution in [0.3, 0.4) is 0 Å². The van der Waals surface area contributed by atoms with E-state index in [1.165, 1.54) is 5.52 Å². The molecule has 8 heteroatoms. The zero-order valence-electron chi connectivity index (χ0n) is 16.2. The molecule has 0 aliphatic carbocycles. The van der Waals surface area contributed by atoms with Gasteiger partial charge in [0.25, 0.3) is 0 Å². The highest BCUT2D eigenvalue weighted by Crippen LogP contribution is 2.15. The van der Waals surface area contributed by atoms with Gasteiger partial charge in [-0.2, -0.15) is 0 Å². The number of guanidine groups is 1. The van der Waals surface area contributed by atoms with Crippen molar-refractivity contribution in [3.05, 3.63) is 47.4 Å². The molecule has 0 bridgehead atoms. The largest absolute Gasteiger partial charge is 0.444 e. The monoisotopic (exact) mass is 482 g/mol. The van der Waals surface area contributed by atoms with E-state index < -0.39 is 0 Å². The first kappa shape index (κ1) is 21.2. The Bertz CT molecular complexity index is 895. The van der Waals surface area contributed by atoms with Gasteiger partial charge in [-0.15, -0.1) is 24.0 Å². The predicted molar refractivity (Wildman–Crippen MR) is 119 cm³/mol. The quantitative estimate of drug-likeness (QED) is 0.244. The Balaban J connectivity index is 0.00000261. The Kier molecular flexibility index (Phi) is 7.64. The molecule has 0 radical (unpaired) electrons. The number of halogens is 1. The second kappa shape index (κ2) is 9.72. The first-order valence-electron chi connectivity index (χ1n) is 8.87. The second-order valence-electron chi connectivity index (χ2n) is 6.25. The molecule has 0 unspecified atom stereocenters. The van der Waals surface area contributed by atoms with Crippen LogP contribution in [0.25, 0.3) is 11.0 Å². The summed E-state index contributed by atoms with van der Waals surface area (Å²) >= 11 is 0. The summed E-state index contributed by atoms with van der Waals surface area (Å²) in [6, 6.07) is 8.24. The number of nitrogens with zero attached hydrogens (tertiary/aromatic N) is 4. The molecule has 0 aliphatic heterocycles. The van der Waals surface area contributed by atoms with Crippen molar-refractivity contribution in [3.63, 3.8) is 0 Å². The molecule has 3 aromatic rings. The van der Waals surface area contributed by atoms with Gasteiger partial charge in [-0.05, 0) is 39.3 Å². The topological polar surface area (TPSA) is 80.3 Å². The fourth-order valence-electron chi connectivity index (χ4n) is 2.92. The minimum Gasteiger partial charge on any atom is -0.444 e. The summed E-state index contributed by atoms with van der Waals surface area (Å²) in [6.07, 6.45) is 0.971. The molecular formula is C19H27IN6O. The maximum Gasteiger partial charge on any atom is 0.214 e. The number of aryl methyl sites for hydroxylation is 4. The van der Waals surface area contributed by atoms with E-state index in [4.69, 9.17) is 4.42 Å². The first-order chi connectivity index (χ1) is 12.6. The molecule has 3 rings (SSSR count). The van der Waals surface area contributed by atoms with Crippen LogP contribution >= 0.6 is 24.0 Å². The molecular weight excluding hydrogens is 455 g/mol. The summed E-state index contributed by atoms with van der Waals surface area (Å²) in [7, 11) is 1.76. The second-order valence-corrected chi connectivity index (χ2v) is 6.25. The van der Waals surface area contributed by atoms with Gasteiger partial charge in [0.1, 0.15) is 11.6 Å². The molecule has 0 saturated carbocycles. The maximum absolute atomic E-state index is 5.57. The number of hydrogen-bond acceptors (Lipinski definition) is 4. The van der Waals surface area contributed by atoms with E-state index in [1.54, 1.807) is 7.05 Å². The van der Waals surface area contributed by atoms with E-state index in [1.807, 2.05) is 26.8 Å². The molecule has 27 heavy (non-hydrogen) atoms. The summed E-state index contributed by atoms with van der Waals surface area (Å²) in [6.45, 7) is 8.15. The normalized spacial score (nSPS) is 11.5. The lowest BCUT2D eigenvalue weighted by Gasteiger charge is -2.11. The Morgan fingerprint density at radius 3 is 2.63 bits per heavy atom. The Labute approximate surface area is 176 Å². The van der Waals surface area contributed by atoms with Gasteiger partial charge in [-0.25, -0.2) is 9.97 Å². The zero-order chi connectivity index (χ0) is 18.5. The van der Waals surface area contributed by atoms with Gasteiger partial charge in [0.05, 0.1) is 23.3 Å². The van der Waals surface area contributed by atoms with Crippen LogP contribution in [0.1, 0.15) is 29.6 Å². The molecule has 0 atom stereocenters. The molecule has 0 amide bonds. The lowest BCUT2D eigenvalue weighted by molar-refractivity contribution is 0.463. The molecule has 2 N–H and O–H groups in total. The predicted octanol–water partition coefficient (Wildman–Crippen LogP) is 3.32. The number of hydrogen-bond donors (Lipinski definition) is 2. The van der Waals surface area contributed by atoms with Gasteiger partial charge >= 0.3 is 0 Å². The van der Waals surface area contributed by atoms with E-state index in [9.17, 15) is 0 Å². The van der Waals surface area contributed by atoms with Crippen molar-refractivity contribution in [1.82, 2.24) is 25.2 Å². The molecule has 0 fully saturated rings. The highest BCUT2D eigenvalue weighted by molar-refractivity contribution is 14.0.